The second-order valence-electron chi connectivity index (χ2n) is 4.19. The number of ether oxygens (including phenoxy) is 1. The minimum absolute atomic E-state index is 0.671. The number of nitrogens with two attached hydrogens (primary N) is 1. The van der Waals surface area contributed by atoms with Crippen LogP contribution in [0.3, 0.4) is 0 Å². The van der Waals surface area contributed by atoms with Gasteiger partial charge in [-0.3, -0.25) is 0 Å². The minimum atomic E-state index is 0.671. The number of benzene rings is 1. The largest absolute Gasteiger partial charge is 0.494 e. The first-order valence-corrected chi connectivity index (χ1v) is 6.24. The van der Waals surface area contributed by atoms with Crippen molar-refractivity contribution in [3.8, 4) is 5.75 Å². The van der Waals surface area contributed by atoms with Crippen molar-refractivity contribution in [2.75, 3.05) is 13.2 Å². The van der Waals surface area contributed by atoms with Gasteiger partial charge in [-0.25, -0.2) is 0 Å². The molecule has 0 saturated heterocycles. The molecule has 0 fully saturated rings. The Morgan fingerprint density at radius 2 is 1.94 bits per heavy atom. The lowest BCUT2D eigenvalue weighted by Crippen LogP contribution is -2.15. The Morgan fingerprint density at radius 3 is 2.56 bits per heavy atom. The lowest BCUT2D eigenvalue weighted by Gasteiger charge is -2.13. The van der Waals surface area contributed by atoms with E-state index in [1.807, 2.05) is 30.3 Å². The van der Waals surface area contributed by atoms with Gasteiger partial charge in [0, 0.05) is 0 Å². The van der Waals surface area contributed by atoms with Crippen molar-refractivity contribution in [2.45, 2.75) is 32.6 Å². The van der Waals surface area contributed by atoms with Crippen LogP contribution in [-0.4, -0.2) is 13.2 Å². The fraction of sp³-hybridized carbons (Fsp3) is 0.571. The minimum Gasteiger partial charge on any atom is -0.494 e. The highest BCUT2D eigenvalue weighted by Crippen LogP contribution is 2.13. The van der Waals surface area contributed by atoms with E-state index < -0.39 is 0 Å². The molecule has 0 aliphatic heterocycles. The molecule has 0 saturated carbocycles. The molecule has 0 aliphatic carbocycles. The van der Waals surface area contributed by atoms with E-state index in [0.717, 1.165) is 25.3 Å². The molecule has 0 spiro atoms. The molecule has 1 rings (SSSR count). The van der Waals surface area contributed by atoms with Crippen LogP contribution < -0.4 is 10.5 Å². The molecule has 90 valence electrons. The van der Waals surface area contributed by atoms with Crippen LogP contribution in [0.5, 0.6) is 5.75 Å². The van der Waals surface area contributed by atoms with Gasteiger partial charge in [0.2, 0.25) is 0 Å². The average molecular weight is 221 g/mol. The molecule has 0 radical (unpaired) electrons. The average Bonchev–Trinajstić information content (AvgIpc) is 2.34. The topological polar surface area (TPSA) is 35.2 Å². The molecule has 0 aromatic heterocycles. The number of rotatable bonds is 8. The zero-order valence-corrected chi connectivity index (χ0v) is 10.2. The fourth-order valence-corrected chi connectivity index (χ4v) is 1.87. The van der Waals surface area contributed by atoms with Gasteiger partial charge in [-0.2, -0.15) is 0 Å². The molecule has 2 nitrogen and oxygen atoms in total. The van der Waals surface area contributed by atoms with Crippen LogP contribution >= 0.6 is 0 Å². The van der Waals surface area contributed by atoms with Crippen LogP contribution in [0.25, 0.3) is 0 Å². The Balaban J connectivity index is 2.11. The van der Waals surface area contributed by atoms with Crippen LogP contribution in [0.15, 0.2) is 30.3 Å². The molecule has 1 aromatic carbocycles. The van der Waals surface area contributed by atoms with Crippen LogP contribution in [0.4, 0.5) is 0 Å². The van der Waals surface area contributed by atoms with Gasteiger partial charge < -0.3 is 10.5 Å². The smallest absolute Gasteiger partial charge is 0.119 e. The van der Waals surface area contributed by atoms with Crippen LogP contribution in [0.2, 0.25) is 0 Å². The van der Waals surface area contributed by atoms with E-state index in [1.54, 1.807) is 0 Å². The normalized spacial score (nSPS) is 12.4. The number of hydrogen-bond acceptors (Lipinski definition) is 2. The van der Waals surface area contributed by atoms with Crippen molar-refractivity contribution in [1.82, 2.24) is 0 Å². The molecule has 1 unspecified atom stereocenters. The molecule has 2 heteroatoms. The molecule has 0 aliphatic rings. The summed E-state index contributed by atoms with van der Waals surface area (Å²) in [6.45, 7) is 3.81. The van der Waals surface area contributed by atoms with E-state index in [0.29, 0.717) is 5.92 Å². The van der Waals surface area contributed by atoms with Crippen molar-refractivity contribution in [3.05, 3.63) is 30.3 Å². The lowest BCUT2D eigenvalue weighted by molar-refractivity contribution is 0.289. The van der Waals surface area contributed by atoms with Gasteiger partial charge in [0.25, 0.3) is 0 Å². The monoisotopic (exact) mass is 221 g/mol. The summed E-state index contributed by atoms with van der Waals surface area (Å²) in [4.78, 5) is 0. The van der Waals surface area contributed by atoms with E-state index in [4.69, 9.17) is 10.5 Å². The summed E-state index contributed by atoms with van der Waals surface area (Å²) in [5.74, 6) is 1.63. The molecular weight excluding hydrogens is 198 g/mol. The highest BCUT2D eigenvalue weighted by atomic mass is 16.5. The predicted octanol–water partition coefficient (Wildman–Crippen LogP) is 3.22. The molecule has 0 heterocycles. The van der Waals surface area contributed by atoms with E-state index >= 15 is 0 Å². The lowest BCUT2D eigenvalue weighted by atomic mass is 9.98. The van der Waals surface area contributed by atoms with Crippen LogP contribution in [0.1, 0.15) is 32.6 Å². The summed E-state index contributed by atoms with van der Waals surface area (Å²) in [5.41, 5.74) is 5.71. The van der Waals surface area contributed by atoms with Gasteiger partial charge in [-0.1, -0.05) is 31.5 Å². The van der Waals surface area contributed by atoms with Crippen molar-refractivity contribution in [3.63, 3.8) is 0 Å². The Hall–Kier alpha value is -1.02. The third kappa shape index (κ3) is 5.17. The maximum Gasteiger partial charge on any atom is 0.119 e. The molecule has 2 N–H and O–H groups in total. The van der Waals surface area contributed by atoms with E-state index in [-0.39, 0.29) is 0 Å². The van der Waals surface area contributed by atoms with Gasteiger partial charge in [0.05, 0.1) is 6.61 Å². The Morgan fingerprint density at radius 1 is 1.19 bits per heavy atom. The van der Waals surface area contributed by atoms with Gasteiger partial charge in [-0.15, -0.1) is 0 Å². The van der Waals surface area contributed by atoms with E-state index in [9.17, 15) is 0 Å². The quantitative estimate of drug-likeness (QED) is 0.684. The van der Waals surface area contributed by atoms with Crippen molar-refractivity contribution >= 4 is 0 Å². The first-order valence-electron chi connectivity index (χ1n) is 6.24. The highest BCUT2D eigenvalue weighted by Gasteiger charge is 2.04. The summed E-state index contributed by atoms with van der Waals surface area (Å²) < 4.78 is 5.64. The standard InChI is InChI=1S/C14H23NO/c1-2-7-13(12-15)8-6-11-16-14-9-4-3-5-10-14/h3-5,9-10,13H,2,6-8,11-12,15H2,1H3. The molecular formula is C14H23NO. The second-order valence-corrected chi connectivity index (χ2v) is 4.19. The first kappa shape index (κ1) is 13.0. The van der Waals surface area contributed by atoms with E-state index in [2.05, 4.69) is 6.92 Å². The summed E-state index contributed by atoms with van der Waals surface area (Å²) in [6.07, 6.45) is 4.73. The first-order chi connectivity index (χ1) is 7.86. The maximum atomic E-state index is 5.71. The van der Waals surface area contributed by atoms with Gasteiger partial charge in [0.15, 0.2) is 0 Å². The molecule has 1 atom stereocenters. The van der Waals surface area contributed by atoms with Crippen LogP contribution in [0, 0.1) is 5.92 Å². The second kappa shape index (κ2) is 8.17. The third-order valence-electron chi connectivity index (χ3n) is 2.80. The molecule has 16 heavy (non-hydrogen) atoms. The Bertz CT molecular complexity index is 261. The SMILES string of the molecule is CCCC(CN)CCCOc1ccccc1. The summed E-state index contributed by atoms with van der Waals surface area (Å²) in [7, 11) is 0. The fourth-order valence-electron chi connectivity index (χ4n) is 1.87. The Labute approximate surface area is 98.8 Å². The van der Waals surface area contributed by atoms with E-state index in [1.165, 1.54) is 19.3 Å². The molecule has 0 amide bonds. The summed E-state index contributed by atoms with van der Waals surface area (Å²) >= 11 is 0. The van der Waals surface area contributed by atoms with Gasteiger partial charge >= 0.3 is 0 Å². The third-order valence-corrected chi connectivity index (χ3v) is 2.80. The highest BCUT2D eigenvalue weighted by molar-refractivity contribution is 5.20. The van der Waals surface area contributed by atoms with Crippen molar-refractivity contribution in [2.24, 2.45) is 11.7 Å². The maximum absolute atomic E-state index is 5.71. The number of hydrogen-bond donors (Lipinski definition) is 1. The predicted molar refractivity (Wildman–Crippen MR) is 68.6 cm³/mol. The molecule has 0 bridgehead atoms. The Kier molecular flexibility index (Phi) is 6.66. The van der Waals surface area contributed by atoms with Gasteiger partial charge in [0.1, 0.15) is 5.75 Å². The van der Waals surface area contributed by atoms with Crippen molar-refractivity contribution < 1.29 is 4.74 Å². The zero-order chi connectivity index (χ0) is 11.6. The number of para-hydroxylation sites is 1. The van der Waals surface area contributed by atoms with Crippen LogP contribution in [-0.2, 0) is 0 Å². The zero-order valence-electron chi connectivity index (χ0n) is 10.2. The molecule has 1 aromatic rings. The van der Waals surface area contributed by atoms with Gasteiger partial charge in [-0.05, 0) is 43.9 Å². The summed E-state index contributed by atoms with van der Waals surface area (Å²) in [5, 5.41) is 0. The summed E-state index contributed by atoms with van der Waals surface area (Å²) in [6, 6.07) is 9.97. The van der Waals surface area contributed by atoms with Crippen molar-refractivity contribution in [1.29, 1.82) is 0 Å².